The minimum atomic E-state index is -0.488. The van der Waals surface area contributed by atoms with Gasteiger partial charge in [-0.2, -0.15) is 5.10 Å². The molecule has 1 N–H and O–H groups in total. The molecular formula is C17H24N2O2. The lowest BCUT2D eigenvalue weighted by atomic mass is 9.90. The lowest BCUT2D eigenvalue weighted by Gasteiger charge is -2.33. The monoisotopic (exact) mass is 288 g/mol. The molecule has 0 bridgehead atoms. The van der Waals surface area contributed by atoms with Crippen LogP contribution in [0.4, 0.5) is 0 Å². The molecule has 0 saturated heterocycles. The van der Waals surface area contributed by atoms with Crippen LogP contribution in [-0.4, -0.2) is 33.2 Å². The summed E-state index contributed by atoms with van der Waals surface area (Å²) in [5.74, 6) is 0. The Morgan fingerprint density at radius 1 is 1.33 bits per heavy atom. The van der Waals surface area contributed by atoms with E-state index < -0.39 is 6.10 Å². The second-order valence-electron chi connectivity index (χ2n) is 6.01. The fourth-order valence-corrected chi connectivity index (χ4v) is 3.64. The number of fused-ring (bicyclic) bond motifs is 1. The zero-order chi connectivity index (χ0) is 14.9. The Bertz CT molecular complexity index is 614. The molecule has 1 aromatic carbocycles. The van der Waals surface area contributed by atoms with Gasteiger partial charge >= 0.3 is 0 Å². The normalized spacial score (nSPS) is 19.2. The summed E-state index contributed by atoms with van der Waals surface area (Å²) in [6.45, 7) is 2.66. The number of ether oxygens (including phenoxy) is 1. The van der Waals surface area contributed by atoms with Crippen molar-refractivity contribution in [2.75, 3.05) is 6.61 Å². The number of para-hydroxylation sites is 1. The Kier molecular flexibility index (Phi) is 4.00. The minimum absolute atomic E-state index is 0.368. The fourth-order valence-electron chi connectivity index (χ4n) is 3.64. The number of benzene rings is 1. The van der Waals surface area contributed by atoms with Crippen molar-refractivity contribution >= 4 is 10.9 Å². The van der Waals surface area contributed by atoms with Crippen molar-refractivity contribution in [2.45, 2.75) is 50.7 Å². The van der Waals surface area contributed by atoms with Gasteiger partial charge in [-0.1, -0.05) is 31.0 Å². The Labute approximate surface area is 125 Å². The SMILES string of the molecule is CCOC1(C(O)Cc2nn(C)c3ccccc23)CCCC1. The smallest absolute Gasteiger partial charge is 0.0943 e. The van der Waals surface area contributed by atoms with Crippen LogP contribution in [0, 0.1) is 0 Å². The highest BCUT2D eigenvalue weighted by atomic mass is 16.5. The fraction of sp³-hybridized carbons (Fsp3) is 0.588. The third-order valence-corrected chi connectivity index (χ3v) is 4.71. The maximum atomic E-state index is 10.8. The van der Waals surface area contributed by atoms with E-state index in [0.717, 1.165) is 42.3 Å². The van der Waals surface area contributed by atoms with Crippen LogP contribution in [0.5, 0.6) is 0 Å². The maximum Gasteiger partial charge on any atom is 0.0943 e. The summed E-state index contributed by atoms with van der Waals surface area (Å²) in [7, 11) is 1.95. The van der Waals surface area contributed by atoms with Crippen LogP contribution in [0.1, 0.15) is 38.3 Å². The molecule has 1 atom stereocenters. The molecule has 114 valence electrons. The summed E-state index contributed by atoms with van der Waals surface area (Å²) in [4.78, 5) is 0. The van der Waals surface area contributed by atoms with Crippen LogP contribution in [0.2, 0.25) is 0 Å². The first-order chi connectivity index (χ1) is 10.2. The lowest BCUT2D eigenvalue weighted by molar-refractivity contribution is -0.115. The first kappa shape index (κ1) is 14.5. The van der Waals surface area contributed by atoms with Crippen molar-refractivity contribution in [3.63, 3.8) is 0 Å². The number of aryl methyl sites for hydroxylation is 1. The van der Waals surface area contributed by atoms with Gasteiger partial charge < -0.3 is 9.84 Å². The average Bonchev–Trinajstić information content (AvgIpc) is 3.07. The molecule has 1 aliphatic carbocycles. The van der Waals surface area contributed by atoms with Crippen molar-refractivity contribution in [1.29, 1.82) is 0 Å². The number of hydrogen-bond acceptors (Lipinski definition) is 3. The van der Waals surface area contributed by atoms with Crippen LogP contribution in [0.15, 0.2) is 24.3 Å². The van der Waals surface area contributed by atoms with E-state index >= 15 is 0 Å². The number of rotatable bonds is 5. The third-order valence-electron chi connectivity index (χ3n) is 4.71. The predicted molar refractivity (Wildman–Crippen MR) is 83.2 cm³/mol. The van der Waals surface area contributed by atoms with Crippen molar-refractivity contribution in [3.05, 3.63) is 30.0 Å². The molecule has 1 aromatic heterocycles. The van der Waals surface area contributed by atoms with Crippen molar-refractivity contribution < 1.29 is 9.84 Å². The molecule has 0 amide bonds. The summed E-state index contributed by atoms with van der Waals surface area (Å²) in [5, 5.41) is 16.5. The Balaban J connectivity index is 1.87. The van der Waals surface area contributed by atoms with E-state index in [2.05, 4.69) is 17.2 Å². The van der Waals surface area contributed by atoms with Gasteiger partial charge in [0, 0.05) is 25.5 Å². The molecule has 0 aliphatic heterocycles. The van der Waals surface area contributed by atoms with Gasteiger partial charge in [-0.05, 0) is 25.8 Å². The van der Waals surface area contributed by atoms with Crippen LogP contribution in [-0.2, 0) is 18.2 Å². The molecule has 1 fully saturated rings. The summed E-state index contributed by atoms with van der Waals surface area (Å²) in [6.07, 6.45) is 4.25. The lowest BCUT2D eigenvalue weighted by Crippen LogP contribution is -2.44. The van der Waals surface area contributed by atoms with E-state index in [1.807, 2.05) is 30.8 Å². The largest absolute Gasteiger partial charge is 0.390 e. The summed E-state index contributed by atoms with van der Waals surface area (Å²) in [6, 6.07) is 8.18. The summed E-state index contributed by atoms with van der Waals surface area (Å²) >= 11 is 0. The molecular weight excluding hydrogens is 264 g/mol. The van der Waals surface area contributed by atoms with E-state index in [1.165, 1.54) is 0 Å². The Hall–Kier alpha value is -1.39. The topological polar surface area (TPSA) is 47.3 Å². The van der Waals surface area contributed by atoms with Gasteiger partial charge in [0.05, 0.1) is 22.9 Å². The van der Waals surface area contributed by atoms with Crippen molar-refractivity contribution in [2.24, 2.45) is 7.05 Å². The molecule has 0 radical (unpaired) electrons. The molecule has 0 spiro atoms. The van der Waals surface area contributed by atoms with E-state index in [1.54, 1.807) is 0 Å². The van der Waals surface area contributed by atoms with Gasteiger partial charge in [-0.25, -0.2) is 0 Å². The second-order valence-corrected chi connectivity index (χ2v) is 6.01. The van der Waals surface area contributed by atoms with Gasteiger partial charge in [0.2, 0.25) is 0 Å². The van der Waals surface area contributed by atoms with E-state index in [0.29, 0.717) is 13.0 Å². The quantitative estimate of drug-likeness (QED) is 0.920. The van der Waals surface area contributed by atoms with E-state index in [-0.39, 0.29) is 5.60 Å². The number of aromatic nitrogens is 2. The van der Waals surface area contributed by atoms with Crippen molar-refractivity contribution in [3.8, 4) is 0 Å². The van der Waals surface area contributed by atoms with Crippen LogP contribution >= 0.6 is 0 Å². The highest BCUT2D eigenvalue weighted by Gasteiger charge is 2.41. The van der Waals surface area contributed by atoms with Gasteiger partial charge in [0.1, 0.15) is 0 Å². The first-order valence-corrected chi connectivity index (χ1v) is 7.89. The highest BCUT2D eigenvalue weighted by molar-refractivity contribution is 5.81. The van der Waals surface area contributed by atoms with Gasteiger partial charge in [-0.3, -0.25) is 4.68 Å². The number of nitrogens with zero attached hydrogens (tertiary/aromatic N) is 2. The van der Waals surface area contributed by atoms with Gasteiger partial charge in [-0.15, -0.1) is 0 Å². The second kappa shape index (κ2) is 5.78. The van der Waals surface area contributed by atoms with Crippen LogP contribution in [0.25, 0.3) is 10.9 Å². The average molecular weight is 288 g/mol. The van der Waals surface area contributed by atoms with E-state index in [9.17, 15) is 5.11 Å². The number of hydrogen-bond donors (Lipinski definition) is 1. The van der Waals surface area contributed by atoms with Crippen LogP contribution in [0.3, 0.4) is 0 Å². The first-order valence-electron chi connectivity index (χ1n) is 7.89. The number of aliphatic hydroxyl groups excluding tert-OH is 1. The summed E-state index contributed by atoms with van der Waals surface area (Å²) in [5.41, 5.74) is 1.70. The molecule has 2 aromatic rings. The van der Waals surface area contributed by atoms with Crippen LogP contribution < -0.4 is 0 Å². The van der Waals surface area contributed by atoms with Gasteiger partial charge in [0.15, 0.2) is 0 Å². The molecule has 21 heavy (non-hydrogen) atoms. The molecule has 3 rings (SSSR count). The molecule has 4 nitrogen and oxygen atoms in total. The zero-order valence-corrected chi connectivity index (χ0v) is 12.9. The molecule has 4 heteroatoms. The Morgan fingerprint density at radius 3 is 2.76 bits per heavy atom. The standard InChI is InChI=1S/C17H24N2O2/c1-3-21-17(10-6-7-11-17)16(20)12-14-13-8-4-5-9-15(13)19(2)18-14/h4-5,8-9,16,20H,3,6-7,10-12H2,1-2H3. The van der Waals surface area contributed by atoms with Crippen molar-refractivity contribution in [1.82, 2.24) is 9.78 Å². The Morgan fingerprint density at radius 2 is 2.05 bits per heavy atom. The molecule has 1 unspecified atom stereocenters. The minimum Gasteiger partial charge on any atom is -0.390 e. The third kappa shape index (κ3) is 2.58. The molecule has 1 aliphatic rings. The van der Waals surface area contributed by atoms with Gasteiger partial charge in [0.25, 0.3) is 0 Å². The number of aliphatic hydroxyl groups is 1. The highest BCUT2D eigenvalue weighted by Crippen LogP contribution is 2.37. The van der Waals surface area contributed by atoms with E-state index in [4.69, 9.17) is 4.74 Å². The zero-order valence-electron chi connectivity index (χ0n) is 12.9. The summed E-state index contributed by atoms with van der Waals surface area (Å²) < 4.78 is 7.85. The predicted octanol–water partition coefficient (Wildman–Crippen LogP) is 2.83. The maximum absolute atomic E-state index is 10.8. The molecule has 1 heterocycles. The molecule has 1 saturated carbocycles.